The number of aryl methyl sites for hydroxylation is 2. The molecule has 38 heavy (non-hydrogen) atoms. The summed E-state index contributed by atoms with van der Waals surface area (Å²) in [6.45, 7) is 1.32. The van der Waals surface area contributed by atoms with Crippen molar-refractivity contribution in [3.05, 3.63) is 64.0 Å². The number of sulfonamides is 1. The lowest BCUT2D eigenvalue weighted by atomic mass is 9.95. The molecule has 1 heterocycles. The Labute approximate surface area is 226 Å². The van der Waals surface area contributed by atoms with Crippen LogP contribution in [0.5, 0.6) is 11.5 Å². The molecule has 1 aliphatic rings. The molecule has 1 N–H and O–H groups in total. The van der Waals surface area contributed by atoms with Gasteiger partial charge in [0.25, 0.3) is 10.0 Å². The summed E-state index contributed by atoms with van der Waals surface area (Å²) in [7, 11) is 0.0731. The first-order valence-corrected chi connectivity index (χ1v) is 14.3. The number of nitrogens with one attached hydrogen (secondary N) is 1. The van der Waals surface area contributed by atoms with E-state index in [-0.39, 0.29) is 10.6 Å². The Morgan fingerprint density at radius 3 is 2.32 bits per heavy atom. The van der Waals surface area contributed by atoms with Crippen LogP contribution in [0.25, 0.3) is 0 Å². The third-order valence-corrected chi connectivity index (χ3v) is 9.36. The van der Waals surface area contributed by atoms with Crippen LogP contribution in [0, 0.1) is 6.92 Å². The number of fused-ring (bicyclic) bond motifs is 1. The minimum atomic E-state index is -4.15. The topological polar surface area (TPSA) is 111 Å². The van der Waals surface area contributed by atoms with E-state index in [4.69, 9.17) is 14.2 Å². The number of rotatable bonds is 9. The molecular formula is C27H30N2O7S2. The summed E-state index contributed by atoms with van der Waals surface area (Å²) >= 11 is 1.34. The van der Waals surface area contributed by atoms with Crippen LogP contribution in [0.1, 0.15) is 39.2 Å². The highest BCUT2D eigenvalue weighted by Crippen LogP contribution is 2.39. The van der Waals surface area contributed by atoms with Crippen LogP contribution in [-0.2, 0) is 32.4 Å². The average molecular weight is 559 g/mol. The highest BCUT2D eigenvalue weighted by molar-refractivity contribution is 7.92. The van der Waals surface area contributed by atoms with Gasteiger partial charge in [0.1, 0.15) is 11.5 Å². The molecule has 1 aliphatic carbocycles. The number of methoxy groups -OCH3 is 3. The van der Waals surface area contributed by atoms with Gasteiger partial charge in [-0.3, -0.25) is 9.10 Å². The summed E-state index contributed by atoms with van der Waals surface area (Å²) in [5.74, 6) is -0.392. The molecule has 0 saturated heterocycles. The molecule has 202 valence electrons. The molecule has 3 aromatic rings. The predicted molar refractivity (Wildman–Crippen MR) is 146 cm³/mol. The van der Waals surface area contributed by atoms with Gasteiger partial charge in [-0.25, -0.2) is 13.2 Å². The summed E-state index contributed by atoms with van der Waals surface area (Å²) in [6, 6.07) is 11.0. The van der Waals surface area contributed by atoms with E-state index in [1.165, 1.54) is 50.9 Å². The molecule has 1 aromatic heterocycles. The van der Waals surface area contributed by atoms with Crippen molar-refractivity contribution in [3.8, 4) is 11.5 Å². The average Bonchev–Trinajstić information content (AvgIpc) is 3.28. The van der Waals surface area contributed by atoms with Crippen LogP contribution >= 0.6 is 11.3 Å². The zero-order valence-corrected chi connectivity index (χ0v) is 23.3. The minimum absolute atomic E-state index is 0.0347. The molecule has 0 bridgehead atoms. The molecule has 0 atom stereocenters. The van der Waals surface area contributed by atoms with Crippen LogP contribution in [0.3, 0.4) is 0 Å². The lowest BCUT2D eigenvalue weighted by molar-refractivity contribution is -0.114. The van der Waals surface area contributed by atoms with E-state index in [0.717, 1.165) is 46.0 Å². The third-order valence-electron chi connectivity index (χ3n) is 6.37. The molecule has 0 spiro atoms. The number of nitrogens with zero attached hydrogens (tertiary/aromatic N) is 1. The fourth-order valence-corrected chi connectivity index (χ4v) is 7.11. The number of ether oxygens (including phenoxy) is 3. The fourth-order valence-electron chi connectivity index (χ4n) is 4.40. The maximum Gasteiger partial charge on any atom is 0.341 e. The van der Waals surface area contributed by atoms with E-state index in [1.54, 1.807) is 24.3 Å². The molecular weight excluding hydrogens is 528 g/mol. The second kappa shape index (κ2) is 11.4. The molecule has 0 radical (unpaired) electrons. The zero-order valence-electron chi connectivity index (χ0n) is 21.7. The first kappa shape index (κ1) is 27.5. The largest absolute Gasteiger partial charge is 0.493 e. The van der Waals surface area contributed by atoms with Crippen molar-refractivity contribution in [1.82, 2.24) is 0 Å². The molecule has 0 fully saturated rings. The van der Waals surface area contributed by atoms with Gasteiger partial charge in [-0.2, -0.15) is 0 Å². The number of anilines is 2. The Morgan fingerprint density at radius 1 is 0.974 bits per heavy atom. The van der Waals surface area contributed by atoms with Crippen molar-refractivity contribution in [2.75, 3.05) is 37.5 Å². The van der Waals surface area contributed by atoms with Crippen LogP contribution in [0.2, 0.25) is 0 Å². The van der Waals surface area contributed by atoms with Gasteiger partial charge in [-0.1, -0.05) is 17.7 Å². The second-order valence-electron chi connectivity index (χ2n) is 8.82. The fraction of sp³-hybridized carbons (Fsp3) is 0.333. The second-order valence-corrected chi connectivity index (χ2v) is 11.8. The number of carbonyl (C=O) groups is 2. The highest BCUT2D eigenvalue weighted by Gasteiger charge is 2.31. The lowest BCUT2D eigenvalue weighted by Crippen LogP contribution is -2.38. The SMILES string of the molecule is COC(=O)c1c(NC(=O)CN(c2ccc(OC)c(OC)c2)S(=O)(=O)c2ccc(C)cc2)sc2c1CCCC2. The molecule has 4 rings (SSSR count). The highest BCUT2D eigenvalue weighted by atomic mass is 32.2. The van der Waals surface area contributed by atoms with E-state index >= 15 is 0 Å². The number of thiophene rings is 1. The Morgan fingerprint density at radius 2 is 1.66 bits per heavy atom. The van der Waals surface area contributed by atoms with E-state index in [0.29, 0.717) is 22.1 Å². The van der Waals surface area contributed by atoms with Gasteiger partial charge in [-0.05, 0) is 62.4 Å². The molecule has 0 unspecified atom stereocenters. The van der Waals surface area contributed by atoms with E-state index in [9.17, 15) is 18.0 Å². The van der Waals surface area contributed by atoms with Gasteiger partial charge < -0.3 is 19.5 Å². The van der Waals surface area contributed by atoms with Gasteiger partial charge in [0, 0.05) is 10.9 Å². The number of amides is 1. The van der Waals surface area contributed by atoms with Crippen molar-refractivity contribution in [2.24, 2.45) is 0 Å². The summed E-state index contributed by atoms with van der Waals surface area (Å²) < 4.78 is 44.2. The predicted octanol–water partition coefficient (Wildman–Crippen LogP) is 4.57. The number of esters is 1. The van der Waals surface area contributed by atoms with Gasteiger partial charge in [0.05, 0.1) is 37.5 Å². The smallest absolute Gasteiger partial charge is 0.341 e. The maximum absolute atomic E-state index is 13.8. The van der Waals surface area contributed by atoms with Crippen LogP contribution < -0.4 is 19.1 Å². The Hall–Kier alpha value is -3.57. The van der Waals surface area contributed by atoms with Gasteiger partial charge in [0.2, 0.25) is 5.91 Å². The van der Waals surface area contributed by atoms with Crippen LogP contribution in [0.4, 0.5) is 10.7 Å². The zero-order chi connectivity index (χ0) is 27.4. The Balaban J connectivity index is 1.72. The summed E-state index contributed by atoms with van der Waals surface area (Å²) in [4.78, 5) is 27.0. The normalized spacial score (nSPS) is 12.8. The number of carbonyl (C=O) groups excluding carboxylic acids is 2. The molecule has 9 nitrogen and oxygen atoms in total. The Kier molecular flexibility index (Phi) is 8.27. The van der Waals surface area contributed by atoms with Gasteiger partial charge in [0.15, 0.2) is 11.5 Å². The number of benzene rings is 2. The first-order chi connectivity index (χ1) is 18.2. The molecule has 2 aromatic carbocycles. The minimum Gasteiger partial charge on any atom is -0.493 e. The molecule has 0 aliphatic heterocycles. The van der Waals surface area contributed by atoms with Crippen molar-refractivity contribution in [2.45, 2.75) is 37.5 Å². The summed E-state index contributed by atoms with van der Waals surface area (Å²) in [5.41, 5.74) is 2.36. The maximum atomic E-state index is 13.8. The van der Waals surface area contributed by atoms with Gasteiger partial charge in [-0.15, -0.1) is 11.3 Å². The number of hydrogen-bond donors (Lipinski definition) is 1. The third kappa shape index (κ3) is 5.48. The Bertz CT molecular complexity index is 1450. The van der Waals surface area contributed by atoms with Crippen molar-refractivity contribution in [1.29, 1.82) is 0 Å². The summed E-state index contributed by atoms with van der Waals surface area (Å²) in [5, 5.41) is 3.15. The lowest BCUT2D eigenvalue weighted by Gasteiger charge is -2.25. The van der Waals surface area contributed by atoms with E-state index in [2.05, 4.69) is 5.32 Å². The van der Waals surface area contributed by atoms with Gasteiger partial charge >= 0.3 is 5.97 Å². The summed E-state index contributed by atoms with van der Waals surface area (Å²) in [6.07, 6.45) is 3.50. The van der Waals surface area contributed by atoms with Crippen LogP contribution in [0.15, 0.2) is 47.4 Å². The first-order valence-electron chi connectivity index (χ1n) is 12.0. The van der Waals surface area contributed by atoms with E-state index < -0.39 is 28.4 Å². The monoisotopic (exact) mass is 558 g/mol. The van der Waals surface area contributed by atoms with Crippen molar-refractivity contribution in [3.63, 3.8) is 0 Å². The molecule has 1 amide bonds. The van der Waals surface area contributed by atoms with Crippen LogP contribution in [-0.4, -0.2) is 48.2 Å². The standard InChI is InChI=1S/C27H30N2O7S2/c1-17-9-12-19(13-10-17)38(32,33)29(18-11-14-21(34-2)22(15-18)35-3)16-24(30)28-26-25(27(31)36-4)20-7-5-6-8-23(20)37-26/h9-15H,5-8,16H2,1-4H3,(H,28,30). The molecule has 11 heteroatoms. The van der Waals surface area contributed by atoms with Crippen molar-refractivity contribution >= 4 is 43.9 Å². The van der Waals surface area contributed by atoms with E-state index in [1.807, 2.05) is 6.92 Å². The quantitative estimate of drug-likeness (QED) is 0.383. The molecule has 0 saturated carbocycles. The van der Waals surface area contributed by atoms with Crippen molar-refractivity contribution < 1.29 is 32.2 Å². The number of hydrogen-bond acceptors (Lipinski definition) is 8.